The maximum atomic E-state index is 5.57. The van der Waals surface area contributed by atoms with Crippen molar-refractivity contribution in [1.82, 2.24) is 0 Å². The third-order valence-corrected chi connectivity index (χ3v) is 2.87. The first kappa shape index (κ1) is 12.1. The molecule has 0 spiro atoms. The molecular weight excluding hydrogens is 184 g/mol. The Hall–Kier alpha value is -1.02. The van der Waals surface area contributed by atoms with E-state index >= 15 is 0 Å². The van der Waals surface area contributed by atoms with E-state index in [1.807, 2.05) is 0 Å². The number of hydrogen-bond acceptors (Lipinski definition) is 2. The highest BCUT2D eigenvalue weighted by Crippen LogP contribution is 2.19. The Morgan fingerprint density at radius 1 is 1.20 bits per heavy atom. The number of nitrogens with two attached hydrogens (primary N) is 1. The fourth-order valence-corrected chi connectivity index (χ4v) is 1.90. The number of hydrogen-bond donors (Lipinski definition) is 1. The third-order valence-electron chi connectivity index (χ3n) is 2.87. The van der Waals surface area contributed by atoms with E-state index in [2.05, 4.69) is 43.9 Å². The number of benzene rings is 1. The van der Waals surface area contributed by atoms with Crippen molar-refractivity contribution in [3.8, 4) is 0 Å². The van der Waals surface area contributed by atoms with E-state index in [9.17, 15) is 0 Å². The van der Waals surface area contributed by atoms with Gasteiger partial charge in [0.15, 0.2) is 0 Å². The molecule has 1 aromatic rings. The molecule has 0 aliphatic carbocycles. The molecule has 0 fully saturated rings. The van der Waals surface area contributed by atoms with Gasteiger partial charge in [0.1, 0.15) is 0 Å². The van der Waals surface area contributed by atoms with Gasteiger partial charge in [0.2, 0.25) is 0 Å². The second-order valence-electron chi connectivity index (χ2n) is 3.82. The summed E-state index contributed by atoms with van der Waals surface area (Å²) in [5.74, 6) is 0. The molecule has 0 aromatic heterocycles. The molecule has 0 atom stereocenters. The van der Waals surface area contributed by atoms with Gasteiger partial charge in [-0.25, -0.2) is 0 Å². The Bertz CT molecular complexity index is 303. The van der Waals surface area contributed by atoms with Crippen LogP contribution in [-0.2, 0) is 6.42 Å². The van der Waals surface area contributed by atoms with Crippen LogP contribution < -0.4 is 10.6 Å². The van der Waals surface area contributed by atoms with Gasteiger partial charge in [0, 0.05) is 18.8 Å². The first-order valence-corrected chi connectivity index (χ1v) is 5.77. The quantitative estimate of drug-likeness (QED) is 0.801. The van der Waals surface area contributed by atoms with E-state index in [0.717, 1.165) is 26.1 Å². The van der Waals surface area contributed by atoms with Gasteiger partial charge in [0.05, 0.1) is 0 Å². The molecule has 2 nitrogen and oxygen atoms in total. The van der Waals surface area contributed by atoms with Crippen molar-refractivity contribution >= 4 is 5.69 Å². The number of anilines is 1. The summed E-state index contributed by atoms with van der Waals surface area (Å²) >= 11 is 0. The minimum absolute atomic E-state index is 0.728. The second kappa shape index (κ2) is 5.76. The predicted molar refractivity (Wildman–Crippen MR) is 67.5 cm³/mol. The number of rotatable bonds is 5. The van der Waals surface area contributed by atoms with Crippen LogP contribution in [0.15, 0.2) is 18.2 Å². The topological polar surface area (TPSA) is 29.3 Å². The minimum Gasteiger partial charge on any atom is -0.372 e. The predicted octanol–water partition coefficient (Wildman–Crippen LogP) is 2.34. The van der Waals surface area contributed by atoms with Crippen molar-refractivity contribution in [2.24, 2.45) is 5.73 Å². The summed E-state index contributed by atoms with van der Waals surface area (Å²) < 4.78 is 0. The van der Waals surface area contributed by atoms with Crippen molar-refractivity contribution in [2.45, 2.75) is 27.2 Å². The average Bonchev–Trinajstić information content (AvgIpc) is 2.24. The lowest BCUT2D eigenvalue weighted by molar-refractivity contribution is 0.863. The molecular formula is C13H22N2. The molecule has 0 aliphatic heterocycles. The van der Waals surface area contributed by atoms with Crippen molar-refractivity contribution in [1.29, 1.82) is 0 Å². The molecule has 1 aromatic carbocycles. The van der Waals surface area contributed by atoms with Crippen molar-refractivity contribution in [2.75, 3.05) is 24.5 Å². The zero-order chi connectivity index (χ0) is 11.3. The Kier molecular flexibility index (Phi) is 4.63. The Balaban J connectivity index is 2.89. The number of nitrogens with zero attached hydrogens (tertiary/aromatic N) is 1. The summed E-state index contributed by atoms with van der Waals surface area (Å²) in [6.07, 6.45) is 0.977. The summed E-state index contributed by atoms with van der Waals surface area (Å²) in [5.41, 5.74) is 9.61. The van der Waals surface area contributed by atoms with E-state index in [1.165, 1.54) is 16.8 Å². The molecule has 0 amide bonds. The largest absolute Gasteiger partial charge is 0.372 e. The van der Waals surface area contributed by atoms with Crippen molar-refractivity contribution < 1.29 is 0 Å². The monoisotopic (exact) mass is 206 g/mol. The summed E-state index contributed by atoms with van der Waals surface area (Å²) in [6.45, 7) is 9.39. The summed E-state index contributed by atoms with van der Waals surface area (Å²) in [6, 6.07) is 6.67. The molecule has 0 saturated heterocycles. The van der Waals surface area contributed by atoms with Crippen LogP contribution in [0.2, 0.25) is 0 Å². The molecule has 2 N–H and O–H groups in total. The van der Waals surface area contributed by atoms with Gasteiger partial charge in [-0.2, -0.15) is 0 Å². The Morgan fingerprint density at radius 2 is 1.87 bits per heavy atom. The maximum absolute atomic E-state index is 5.57. The molecule has 2 heteroatoms. The molecule has 0 heterocycles. The lowest BCUT2D eigenvalue weighted by atomic mass is 10.0. The van der Waals surface area contributed by atoms with E-state index in [-0.39, 0.29) is 0 Å². The normalized spacial score (nSPS) is 10.4. The van der Waals surface area contributed by atoms with Gasteiger partial charge in [0.25, 0.3) is 0 Å². The molecule has 15 heavy (non-hydrogen) atoms. The zero-order valence-corrected chi connectivity index (χ0v) is 10.1. The van der Waals surface area contributed by atoms with Gasteiger partial charge in [-0.1, -0.05) is 6.07 Å². The van der Waals surface area contributed by atoms with Crippen LogP contribution in [0.5, 0.6) is 0 Å². The highest BCUT2D eigenvalue weighted by Gasteiger charge is 2.04. The molecule has 0 radical (unpaired) electrons. The van der Waals surface area contributed by atoms with Gasteiger partial charge in [-0.3, -0.25) is 0 Å². The fraction of sp³-hybridized carbons (Fsp3) is 0.538. The Morgan fingerprint density at radius 3 is 2.33 bits per heavy atom. The second-order valence-corrected chi connectivity index (χ2v) is 3.82. The summed E-state index contributed by atoms with van der Waals surface area (Å²) in [4.78, 5) is 2.36. The van der Waals surface area contributed by atoms with Crippen LogP contribution in [0.1, 0.15) is 25.0 Å². The van der Waals surface area contributed by atoms with Crippen molar-refractivity contribution in [3.05, 3.63) is 29.3 Å². The van der Waals surface area contributed by atoms with E-state index in [4.69, 9.17) is 5.73 Å². The molecule has 0 aliphatic rings. The maximum Gasteiger partial charge on any atom is 0.0368 e. The zero-order valence-electron chi connectivity index (χ0n) is 10.1. The number of aryl methyl sites for hydroxylation is 1. The van der Waals surface area contributed by atoms with Crippen LogP contribution in [0.3, 0.4) is 0 Å². The van der Waals surface area contributed by atoms with E-state index in [1.54, 1.807) is 0 Å². The van der Waals surface area contributed by atoms with E-state index < -0.39 is 0 Å². The first-order chi connectivity index (χ1) is 7.22. The molecule has 1 rings (SSSR count). The lowest BCUT2D eigenvalue weighted by Crippen LogP contribution is -2.21. The smallest absolute Gasteiger partial charge is 0.0368 e. The average molecular weight is 206 g/mol. The van der Waals surface area contributed by atoms with Gasteiger partial charge >= 0.3 is 0 Å². The molecule has 84 valence electrons. The highest BCUT2D eigenvalue weighted by molar-refractivity contribution is 5.50. The summed E-state index contributed by atoms with van der Waals surface area (Å²) in [5, 5.41) is 0. The molecule has 0 bridgehead atoms. The van der Waals surface area contributed by atoms with Gasteiger partial charge in [-0.05, 0) is 57.0 Å². The van der Waals surface area contributed by atoms with Crippen LogP contribution in [0, 0.1) is 6.92 Å². The van der Waals surface area contributed by atoms with Crippen LogP contribution in [0.25, 0.3) is 0 Å². The van der Waals surface area contributed by atoms with E-state index in [0.29, 0.717) is 0 Å². The van der Waals surface area contributed by atoms with Gasteiger partial charge in [-0.15, -0.1) is 0 Å². The van der Waals surface area contributed by atoms with Crippen LogP contribution in [0.4, 0.5) is 5.69 Å². The standard InChI is InChI=1S/C13H22N2/c1-4-15(5-2)13-7-6-12(8-9-14)11(3)10-13/h6-7,10H,4-5,8-9,14H2,1-3H3. The third kappa shape index (κ3) is 2.96. The first-order valence-electron chi connectivity index (χ1n) is 5.77. The van der Waals surface area contributed by atoms with Crippen LogP contribution >= 0.6 is 0 Å². The van der Waals surface area contributed by atoms with Crippen LogP contribution in [-0.4, -0.2) is 19.6 Å². The van der Waals surface area contributed by atoms with Gasteiger partial charge < -0.3 is 10.6 Å². The van der Waals surface area contributed by atoms with Crippen molar-refractivity contribution in [3.63, 3.8) is 0 Å². The highest BCUT2D eigenvalue weighted by atomic mass is 15.1. The summed E-state index contributed by atoms with van der Waals surface area (Å²) in [7, 11) is 0. The Labute approximate surface area is 93.1 Å². The molecule has 0 unspecified atom stereocenters. The minimum atomic E-state index is 0.728. The SMILES string of the molecule is CCN(CC)c1ccc(CCN)c(C)c1. The lowest BCUT2D eigenvalue weighted by Gasteiger charge is -2.22. The molecule has 0 saturated carbocycles. The fourth-order valence-electron chi connectivity index (χ4n) is 1.90.